The third-order valence-electron chi connectivity index (χ3n) is 2.43. The first kappa shape index (κ1) is 16.3. The van der Waals surface area contributed by atoms with Crippen molar-refractivity contribution in [3.05, 3.63) is 17.6 Å². The summed E-state index contributed by atoms with van der Waals surface area (Å²) in [5.41, 5.74) is 0.708. The van der Waals surface area contributed by atoms with Gasteiger partial charge in [0.2, 0.25) is 5.82 Å². The van der Waals surface area contributed by atoms with Crippen LogP contribution in [0.5, 0.6) is 0 Å². The second-order valence-electron chi connectivity index (χ2n) is 4.10. The van der Waals surface area contributed by atoms with E-state index in [-0.39, 0.29) is 5.82 Å². The number of methoxy groups -OCH3 is 2. The van der Waals surface area contributed by atoms with Crippen LogP contribution in [0.2, 0.25) is 0 Å². The molecule has 7 nitrogen and oxygen atoms in total. The SMILES string of the molecule is COCCOCCCNc1cc(C)nc(C(=O)OC)n1. The molecule has 0 aliphatic carbocycles. The van der Waals surface area contributed by atoms with Crippen LogP contribution in [0.4, 0.5) is 5.82 Å². The Bertz CT molecular complexity index is 426. The van der Waals surface area contributed by atoms with Gasteiger partial charge in [-0.15, -0.1) is 0 Å². The van der Waals surface area contributed by atoms with E-state index in [2.05, 4.69) is 20.0 Å². The van der Waals surface area contributed by atoms with Gasteiger partial charge in [0.25, 0.3) is 0 Å². The zero-order valence-corrected chi connectivity index (χ0v) is 12.1. The van der Waals surface area contributed by atoms with E-state index in [9.17, 15) is 4.79 Å². The number of carbonyl (C=O) groups is 1. The van der Waals surface area contributed by atoms with E-state index >= 15 is 0 Å². The van der Waals surface area contributed by atoms with Gasteiger partial charge in [-0.2, -0.15) is 0 Å². The molecular weight excluding hydrogens is 262 g/mol. The number of rotatable bonds is 9. The molecule has 0 fully saturated rings. The molecule has 1 aromatic heterocycles. The third kappa shape index (κ3) is 5.94. The number of aromatic nitrogens is 2. The van der Waals surface area contributed by atoms with Gasteiger partial charge < -0.3 is 19.5 Å². The Balaban J connectivity index is 2.36. The van der Waals surface area contributed by atoms with E-state index in [1.54, 1.807) is 20.1 Å². The maximum Gasteiger partial charge on any atom is 0.376 e. The Kier molecular flexibility index (Phi) is 7.52. The van der Waals surface area contributed by atoms with Crippen LogP contribution in [0.1, 0.15) is 22.7 Å². The van der Waals surface area contributed by atoms with Gasteiger partial charge in [-0.05, 0) is 13.3 Å². The fourth-order valence-corrected chi connectivity index (χ4v) is 1.48. The maximum atomic E-state index is 11.4. The van der Waals surface area contributed by atoms with Crippen LogP contribution in [0, 0.1) is 6.92 Å². The summed E-state index contributed by atoms with van der Waals surface area (Å²) in [6.45, 7) is 4.33. The van der Waals surface area contributed by atoms with Crippen molar-refractivity contribution < 1.29 is 19.0 Å². The molecule has 0 aromatic carbocycles. The molecule has 0 radical (unpaired) electrons. The summed E-state index contributed by atoms with van der Waals surface area (Å²) in [7, 11) is 2.94. The highest BCUT2D eigenvalue weighted by molar-refractivity contribution is 5.85. The monoisotopic (exact) mass is 283 g/mol. The largest absolute Gasteiger partial charge is 0.463 e. The summed E-state index contributed by atoms with van der Waals surface area (Å²) in [5, 5.41) is 3.13. The molecule has 1 rings (SSSR count). The normalized spacial score (nSPS) is 10.3. The summed E-state index contributed by atoms with van der Waals surface area (Å²) in [5.74, 6) is 0.126. The predicted molar refractivity (Wildman–Crippen MR) is 73.9 cm³/mol. The average molecular weight is 283 g/mol. The van der Waals surface area contributed by atoms with Crippen molar-refractivity contribution in [3.8, 4) is 0 Å². The van der Waals surface area contributed by atoms with Crippen molar-refractivity contribution in [1.82, 2.24) is 9.97 Å². The summed E-state index contributed by atoms with van der Waals surface area (Å²) < 4.78 is 14.8. The van der Waals surface area contributed by atoms with Gasteiger partial charge in [-0.25, -0.2) is 14.8 Å². The van der Waals surface area contributed by atoms with Gasteiger partial charge >= 0.3 is 5.97 Å². The van der Waals surface area contributed by atoms with Crippen molar-refractivity contribution in [2.24, 2.45) is 0 Å². The molecular formula is C13H21N3O4. The standard InChI is InChI=1S/C13H21N3O4/c1-10-9-11(16-12(15-10)13(17)19-3)14-5-4-6-20-8-7-18-2/h9H,4-8H2,1-3H3,(H,14,15,16). The van der Waals surface area contributed by atoms with Crippen LogP contribution < -0.4 is 5.32 Å². The van der Waals surface area contributed by atoms with E-state index in [0.29, 0.717) is 37.9 Å². The molecule has 0 unspecified atom stereocenters. The first-order valence-electron chi connectivity index (χ1n) is 6.42. The van der Waals surface area contributed by atoms with Crippen LogP contribution in [-0.2, 0) is 14.2 Å². The zero-order valence-electron chi connectivity index (χ0n) is 12.1. The van der Waals surface area contributed by atoms with Gasteiger partial charge in [0.05, 0.1) is 20.3 Å². The van der Waals surface area contributed by atoms with Gasteiger partial charge in [-0.3, -0.25) is 0 Å². The van der Waals surface area contributed by atoms with E-state index < -0.39 is 5.97 Å². The van der Waals surface area contributed by atoms with Crippen LogP contribution in [0.25, 0.3) is 0 Å². The predicted octanol–water partition coefficient (Wildman–Crippen LogP) is 1.04. The molecule has 1 N–H and O–H groups in total. The van der Waals surface area contributed by atoms with Crippen molar-refractivity contribution in [2.75, 3.05) is 45.9 Å². The molecule has 0 aliphatic heterocycles. The Morgan fingerprint density at radius 1 is 1.25 bits per heavy atom. The topological polar surface area (TPSA) is 82.6 Å². The lowest BCUT2D eigenvalue weighted by Crippen LogP contribution is -2.13. The molecule has 112 valence electrons. The number of nitrogens with zero attached hydrogens (tertiary/aromatic N) is 2. The van der Waals surface area contributed by atoms with E-state index in [4.69, 9.17) is 9.47 Å². The second-order valence-corrected chi connectivity index (χ2v) is 4.10. The number of hydrogen-bond acceptors (Lipinski definition) is 7. The van der Waals surface area contributed by atoms with Crippen molar-refractivity contribution in [2.45, 2.75) is 13.3 Å². The number of hydrogen-bond donors (Lipinski definition) is 1. The average Bonchev–Trinajstić information content (AvgIpc) is 2.45. The molecule has 0 spiro atoms. The molecule has 20 heavy (non-hydrogen) atoms. The maximum absolute atomic E-state index is 11.4. The van der Waals surface area contributed by atoms with Gasteiger partial charge in [-0.1, -0.05) is 0 Å². The number of esters is 1. The zero-order chi connectivity index (χ0) is 14.8. The van der Waals surface area contributed by atoms with Gasteiger partial charge in [0, 0.05) is 32.0 Å². The molecule has 0 saturated heterocycles. The van der Waals surface area contributed by atoms with Gasteiger partial charge in [0.1, 0.15) is 5.82 Å². The lowest BCUT2D eigenvalue weighted by molar-refractivity contribution is 0.0586. The van der Waals surface area contributed by atoms with Crippen molar-refractivity contribution >= 4 is 11.8 Å². The molecule has 1 heterocycles. The Morgan fingerprint density at radius 2 is 2.05 bits per heavy atom. The molecule has 0 aliphatic rings. The molecule has 1 aromatic rings. The number of nitrogens with one attached hydrogen (secondary N) is 1. The minimum Gasteiger partial charge on any atom is -0.463 e. The van der Waals surface area contributed by atoms with Crippen LogP contribution >= 0.6 is 0 Å². The highest BCUT2D eigenvalue weighted by atomic mass is 16.5. The Labute approximate surface area is 118 Å². The van der Waals surface area contributed by atoms with Crippen molar-refractivity contribution in [1.29, 1.82) is 0 Å². The van der Waals surface area contributed by atoms with Crippen LogP contribution in [0.3, 0.4) is 0 Å². The lowest BCUT2D eigenvalue weighted by atomic mass is 10.4. The van der Waals surface area contributed by atoms with Gasteiger partial charge in [0.15, 0.2) is 0 Å². The molecule has 0 saturated carbocycles. The Hall–Kier alpha value is -1.73. The highest BCUT2D eigenvalue weighted by Crippen LogP contribution is 2.07. The minimum absolute atomic E-state index is 0.0614. The number of aryl methyl sites for hydroxylation is 1. The fourth-order valence-electron chi connectivity index (χ4n) is 1.48. The summed E-state index contributed by atoms with van der Waals surface area (Å²) in [6.07, 6.45) is 0.834. The van der Waals surface area contributed by atoms with Crippen LogP contribution in [0.15, 0.2) is 6.07 Å². The van der Waals surface area contributed by atoms with E-state index in [0.717, 1.165) is 6.42 Å². The fraction of sp³-hybridized carbons (Fsp3) is 0.615. The number of ether oxygens (including phenoxy) is 3. The summed E-state index contributed by atoms with van der Waals surface area (Å²) in [4.78, 5) is 19.5. The summed E-state index contributed by atoms with van der Waals surface area (Å²) >= 11 is 0. The molecule has 0 bridgehead atoms. The van der Waals surface area contributed by atoms with Crippen LogP contribution in [-0.4, -0.2) is 56.5 Å². The third-order valence-corrected chi connectivity index (χ3v) is 2.43. The quantitative estimate of drug-likeness (QED) is 0.535. The highest BCUT2D eigenvalue weighted by Gasteiger charge is 2.11. The number of carbonyl (C=O) groups excluding carboxylic acids is 1. The summed E-state index contributed by atoms with van der Waals surface area (Å²) in [6, 6.07) is 1.78. The van der Waals surface area contributed by atoms with E-state index in [1.807, 2.05) is 0 Å². The number of anilines is 1. The lowest BCUT2D eigenvalue weighted by Gasteiger charge is -2.08. The van der Waals surface area contributed by atoms with E-state index in [1.165, 1.54) is 7.11 Å². The Morgan fingerprint density at radius 3 is 2.75 bits per heavy atom. The minimum atomic E-state index is -0.542. The smallest absolute Gasteiger partial charge is 0.376 e. The first-order valence-corrected chi connectivity index (χ1v) is 6.42. The first-order chi connectivity index (χ1) is 9.67. The van der Waals surface area contributed by atoms with Crippen molar-refractivity contribution in [3.63, 3.8) is 0 Å². The molecule has 0 amide bonds. The molecule has 7 heteroatoms. The molecule has 0 atom stereocenters. The second kappa shape index (κ2) is 9.22.